The number of benzene rings is 3. The van der Waals surface area contributed by atoms with E-state index in [1.807, 2.05) is 0 Å². The van der Waals surface area contributed by atoms with Crippen LogP contribution in [0.1, 0.15) is 27.2 Å². The lowest BCUT2D eigenvalue weighted by molar-refractivity contribution is -0.120. The molecule has 0 radical (unpaired) electrons. The van der Waals surface area contributed by atoms with Gasteiger partial charge in [0.15, 0.2) is 5.76 Å². The van der Waals surface area contributed by atoms with Crippen LogP contribution in [0, 0.1) is 11.6 Å². The molecule has 0 aliphatic heterocycles. The van der Waals surface area contributed by atoms with E-state index in [1.54, 1.807) is 60.7 Å². The first-order valence-electron chi connectivity index (χ1n) is 10.7. The van der Waals surface area contributed by atoms with E-state index in [-0.39, 0.29) is 42.2 Å². The molecule has 0 aliphatic carbocycles. The number of carbonyl (C=O) groups is 2. The predicted molar refractivity (Wildman–Crippen MR) is 124 cm³/mol. The zero-order valence-electron chi connectivity index (χ0n) is 18.2. The summed E-state index contributed by atoms with van der Waals surface area (Å²) in [6, 6.07) is 22.2. The molecule has 0 spiro atoms. The molecule has 5 nitrogen and oxygen atoms in total. The smallest absolute Gasteiger partial charge is 0.294 e. The van der Waals surface area contributed by atoms with Crippen LogP contribution in [-0.2, 0) is 24.3 Å². The number of halogens is 2. The largest absolute Gasteiger partial charge is 0.459 e. The molecule has 1 heterocycles. The molecule has 0 unspecified atom stereocenters. The van der Waals surface area contributed by atoms with Crippen molar-refractivity contribution in [2.24, 2.45) is 0 Å². The van der Waals surface area contributed by atoms with Crippen LogP contribution in [-0.4, -0.2) is 11.8 Å². The minimum absolute atomic E-state index is 0.158. The van der Waals surface area contributed by atoms with E-state index in [4.69, 9.17) is 4.42 Å². The van der Waals surface area contributed by atoms with Crippen LogP contribution in [0.2, 0.25) is 0 Å². The fraction of sp³-hybridized carbons (Fsp3) is 0.111. The highest BCUT2D eigenvalue weighted by molar-refractivity contribution is 6.04. The van der Waals surface area contributed by atoms with E-state index < -0.39 is 0 Å². The van der Waals surface area contributed by atoms with Crippen molar-refractivity contribution in [3.63, 3.8) is 0 Å². The molecule has 0 bridgehead atoms. The first-order chi connectivity index (χ1) is 16.5. The second kappa shape index (κ2) is 10.6. The van der Waals surface area contributed by atoms with Crippen molar-refractivity contribution in [2.45, 2.75) is 19.5 Å². The number of amides is 2. The minimum Gasteiger partial charge on any atom is -0.459 e. The van der Waals surface area contributed by atoms with Crippen molar-refractivity contribution in [3.8, 4) is 0 Å². The average Bonchev–Trinajstić information content (AvgIpc) is 3.39. The summed E-state index contributed by atoms with van der Waals surface area (Å²) < 4.78 is 31.6. The standard InChI is InChI=1S/C27H22F2N2O3/c28-22-9-3-20(4-10-22)17-30-26(32)16-19-7-13-24(14-8-19)31(27(33)25-2-1-15-34-25)18-21-5-11-23(29)12-6-21/h1-15H,16-18H2,(H,30,32). The van der Waals surface area contributed by atoms with Crippen molar-refractivity contribution < 1.29 is 22.8 Å². The number of anilines is 1. The summed E-state index contributed by atoms with van der Waals surface area (Å²) in [7, 11) is 0. The van der Waals surface area contributed by atoms with Crippen LogP contribution in [0.5, 0.6) is 0 Å². The third-order valence-electron chi connectivity index (χ3n) is 5.25. The molecule has 1 aromatic heterocycles. The Morgan fingerprint density at radius 3 is 1.94 bits per heavy atom. The van der Waals surface area contributed by atoms with Gasteiger partial charge < -0.3 is 14.6 Å². The van der Waals surface area contributed by atoms with Gasteiger partial charge in [-0.05, 0) is 65.2 Å². The summed E-state index contributed by atoms with van der Waals surface area (Å²) in [6.07, 6.45) is 1.59. The van der Waals surface area contributed by atoms with E-state index in [1.165, 1.54) is 35.4 Å². The Morgan fingerprint density at radius 2 is 1.35 bits per heavy atom. The van der Waals surface area contributed by atoms with Gasteiger partial charge in [-0.3, -0.25) is 9.59 Å². The van der Waals surface area contributed by atoms with Crippen LogP contribution in [0.15, 0.2) is 95.6 Å². The molecular weight excluding hydrogens is 438 g/mol. The molecule has 0 fully saturated rings. The van der Waals surface area contributed by atoms with Crippen LogP contribution >= 0.6 is 0 Å². The molecule has 0 saturated carbocycles. The lowest BCUT2D eigenvalue weighted by atomic mass is 10.1. The van der Waals surface area contributed by atoms with Gasteiger partial charge in [0.2, 0.25) is 5.91 Å². The van der Waals surface area contributed by atoms with Gasteiger partial charge in [0.1, 0.15) is 11.6 Å². The lowest BCUT2D eigenvalue weighted by Crippen LogP contribution is -2.30. The van der Waals surface area contributed by atoms with Gasteiger partial charge in [0.05, 0.1) is 19.2 Å². The lowest BCUT2D eigenvalue weighted by Gasteiger charge is -2.22. The number of hydrogen-bond donors (Lipinski definition) is 1. The van der Waals surface area contributed by atoms with Crippen LogP contribution in [0.25, 0.3) is 0 Å². The average molecular weight is 460 g/mol. The van der Waals surface area contributed by atoms with Gasteiger partial charge in [-0.15, -0.1) is 0 Å². The number of carbonyl (C=O) groups excluding carboxylic acids is 2. The third-order valence-corrected chi connectivity index (χ3v) is 5.25. The quantitative estimate of drug-likeness (QED) is 0.390. The highest BCUT2D eigenvalue weighted by Gasteiger charge is 2.20. The van der Waals surface area contributed by atoms with Gasteiger partial charge in [-0.25, -0.2) is 8.78 Å². The third kappa shape index (κ3) is 5.95. The monoisotopic (exact) mass is 460 g/mol. The molecule has 3 aromatic carbocycles. The number of hydrogen-bond acceptors (Lipinski definition) is 3. The molecule has 2 amide bonds. The highest BCUT2D eigenvalue weighted by Crippen LogP contribution is 2.22. The summed E-state index contributed by atoms with van der Waals surface area (Å²) in [6.45, 7) is 0.525. The number of nitrogens with one attached hydrogen (secondary N) is 1. The maximum absolute atomic E-state index is 13.3. The summed E-state index contributed by atoms with van der Waals surface area (Å²) in [4.78, 5) is 26.9. The number of nitrogens with zero attached hydrogens (tertiary/aromatic N) is 1. The van der Waals surface area contributed by atoms with Crippen molar-refractivity contribution in [2.75, 3.05) is 4.90 Å². The first kappa shape index (κ1) is 22.9. The van der Waals surface area contributed by atoms with Crippen molar-refractivity contribution in [3.05, 3.63) is 125 Å². The Hall–Kier alpha value is -4.26. The van der Waals surface area contributed by atoms with Crippen LogP contribution in [0.3, 0.4) is 0 Å². The molecule has 4 rings (SSSR count). The number of furan rings is 1. The Morgan fingerprint density at radius 1 is 0.765 bits per heavy atom. The SMILES string of the molecule is O=C(Cc1ccc(N(Cc2ccc(F)cc2)C(=O)c2ccco2)cc1)NCc1ccc(F)cc1. The van der Waals surface area contributed by atoms with Gasteiger partial charge >= 0.3 is 0 Å². The second-order valence-corrected chi connectivity index (χ2v) is 7.74. The molecule has 0 aliphatic rings. The zero-order chi connectivity index (χ0) is 23.9. The highest BCUT2D eigenvalue weighted by atomic mass is 19.1. The number of rotatable bonds is 8. The Kier molecular flexibility index (Phi) is 7.13. The Bertz CT molecular complexity index is 1240. The van der Waals surface area contributed by atoms with Gasteiger partial charge in [0, 0.05) is 12.2 Å². The van der Waals surface area contributed by atoms with E-state index in [2.05, 4.69) is 5.32 Å². The zero-order valence-corrected chi connectivity index (χ0v) is 18.2. The van der Waals surface area contributed by atoms with E-state index in [0.717, 1.165) is 16.7 Å². The molecule has 0 saturated heterocycles. The topological polar surface area (TPSA) is 62.6 Å². The van der Waals surface area contributed by atoms with E-state index in [0.29, 0.717) is 12.2 Å². The van der Waals surface area contributed by atoms with E-state index >= 15 is 0 Å². The summed E-state index contributed by atoms with van der Waals surface area (Å²) in [5.74, 6) is -0.999. The Balaban J connectivity index is 1.44. The molecule has 172 valence electrons. The first-order valence-corrected chi connectivity index (χ1v) is 10.7. The summed E-state index contributed by atoms with van der Waals surface area (Å²) in [5.41, 5.74) is 2.94. The van der Waals surface area contributed by atoms with Gasteiger partial charge in [-0.1, -0.05) is 36.4 Å². The van der Waals surface area contributed by atoms with Crippen LogP contribution < -0.4 is 10.2 Å². The maximum atomic E-state index is 13.3. The molecule has 0 atom stereocenters. The Labute approximate surface area is 195 Å². The van der Waals surface area contributed by atoms with Gasteiger partial charge in [-0.2, -0.15) is 0 Å². The molecule has 4 aromatic rings. The fourth-order valence-corrected chi connectivity index (χ4v) is 3.43. The summed E-state index contributed by atoms with van der Waals surface area (Å²) in [5, 5.41) is 2.81. The van der Waals surface area contributed by atoms with Crippen molar-refractivity contribution >= 4 is 17.5 Å². The predicted octanol–water partition coefficient (Wildman–Crippen LogP) is 5.26. The van der Waals surface area contributed by atoms with Crippen LogP contribution in [0.4, 0.5) is 14.5 Å². The molecule has 34 heavy (non-hydrogen) atoms. The van der Waals surface area contributed by atoms with Gasteiger partial charge in [0.25, 0.3) is 5.91 Å². The molecule has 7 heteroatoms. The maximum Gasteiger partial charge on any atom is 0.294 e. The minimum atomic E-state index is -0.352. The van der Waals surface area contributed by atoms with E-state index in [9.17, 15) is 18.4 Å². The molecular formula is C27H22F2N2O3. The van der Waals surface area contributed by atoms with Crippen molar-refractivity contribution in [1.29, 1.82) is 0 Å². The normalized spacial score (nSPS) is 10.6. The van der Waals surface area contributed by atoms with Crippen molar-refractivity contribution in [1.82, 2.24) is 5.32 Å². The second-order valence-electron chi connectivity index (χ2n) is 7.74. The summed E-state index contributed by atoms with van der Waals surface area (Å²) >= 11 is 0. The fourth-order valence-electron chi connectivity index (χ4n) is 3.43. The molecule has 1 N–H and O–H groups in total.